The van der Waals surface area contributed by atoms with E-state index in [9.17, 15) is 22.8 Å². The summed E-state index contributed by atoms with van der Waals surface area (Å²) in [7, 11) is 0. The van der Waals surface area contributed by atoms with Gasteiger partial charge < -0.3 is 15.4 Å². The predicted octanol–water partition coefficient (Wildman–Crippen LogP) is 2.80. The lowest BCUT2D eigenvalue weighted by Crippen LogP contribution is -2.33. The number of hydrogen-bond acceptors (Lipinski definition) is 5. The Labute approximate surface area is 176 Å². The molecule has 2 aromatic rings. The van der Waals surface area contributed by atoms with Crippen LogP contribution in [0.5, 0.6) is 5.75 Å². The molecule has 0 aliphatic heterocycles. The Bertz CT molecular complexity index is 954. The quantitative estimate of drug-likeness (QED) is 0.440. The summed E-state index contributed by atoms with van der Waals surface area (Å²) < 4.78 is 44.2. The standard InChI is InChI=1S/C20H22F3N5O3/c1-2-3-4-9-31-17-10-13(18(29)24-12-20(21,22)23)5-8-16(17)28-11-15(26-27-28)19(30)25-14-6-7-14/h2,5,8,10-11,14H,1,3-4,6-7,9,12H2,(H,24,29)(H,25,30). The maximum Gasteiger partial charge on any atom is 0.405 e. The van der Waals surface area contributed by atoms with Gasteiger partial charge in [-0.3, -0.25) is 9.59 Å². The SMILES string of the molecule is C=CCCCOc1cc(C(=O)NCC(F)(F)F)ccc1-n1cc(C(=O)NC2CC2)nn1. The van der Waals surface area contributed by atoms with Crippen LogP contribution in [0.1, 0.15) is 46.5 Å². The van der Waals surface area contributed by atoms with Crippen molar-refractivity contribution in [3.8, 4) is 11.4 Å². The van der Waals surface area contributed by atoms with Gasteiger partial charge in [-0.15, -0.1) is 11.7 Å². The summed E-state index contributed by atoms with van der Waals surface area (Å²) >= 11 is 0. The number of nitrogens with one attached hydrogen (secondary N) is 2. The summed E-state index contributed by atoms with van der Waals surface area (Å²) in [6, 6.07) is 4.32. The zero-order valence-corrected chi connectivity index (χ0v) is 16.6. The van der Waals surface area contributed by atoms with Crippen LogP contribution >= 0.6 is 0 Å². The van der Waals surface area contributed by atoms with Crippen molar-refractivity contribution in [2.45, 2.75) is 37.9 Å². The molecule has 0 bridgehead atoms. The molecular formula is C20H22F3N5O3. The van der Waals surface area contributed by atoms with Gasteiger partial charge in [-0.25, -0.2) is 4.68 Å². The summed E-state index contributed by atoms with van der Waals surface area (Å²) in [5.41, 5.74) is 0.513. The lowest BCUT2D eigenvalue weighted by atomic mass is 10.1. The van der Waals surface area contributed by atoms with Crippen LogP contribution in [0.15, 0.2) is 37.1 Å². The van der Waals surface area contributed by atoms with Gasteiger partial charge in [0.1, 0.15) is 18.0 Å². The number of alkyl halides is 3. The zero-order chi connectivity index (χ0) is 22.4. The number of allylic oxidation sites excluding steroid dienone is 1. The van der Waals surface area contributed by atoms with Crippen molar-refractivity contribution in [1.29, 1.82) is 0 Å². The monoisotopic (exact) mass is 437 g/mol. The van der Waals surface area contributed by atoms with E-state index < -0.39 is 18.6 Å². The van der Waals surface area contributed by atoms with E-state index in [1.54, 1.807) is 6.08 Å². The normalized spacial score (nSPS) is 13.5. The number of halogens is 3. The maximum absolute atomic E-state index is 12.4. The molecule has 1 saturated carbocycles. The molecule has 3 rings (SSSR count). The Morgan fingerprint density at radius 3 is 2.74 bits per heavy atom. The fourth-order valence-electron chi connectivity index (χ4n) is 2.63. The van der Waals surface area contributed by atoms with Crippen LogP contribution in [0.3, 0.4) is 0 Å². The van der Waals surface area contributed by atoms with E-state index in [1.165, 1.54) is 29.1 Å². The number of rotatable bonds is 10. The average Bonchev–Trinajstić information content (AvgIpc) is 3.40. The molecule has 11 heteroatoms. The molecule has 1 heterocycles. The van der Waals surface area contributed by atoms with Gasteiger partial charge in [-0.2, -0.15) is 13.2 Å². The predicted molar refractivity (Wildman–Crippen MR) is 105 cm³/mol. The highest BCUT2D eigenvalue weighted by Crippen LogP contribution is 2.25. The minimum atomic E-state index is -4.52. The van der Waals surface area contributed by atoms with Gasteiger partial charge in [0.15, 0.2) is 5.69 Å². The Morgan fingerprint density at radius 1 is 1.29 bits per heavy atom. The average molecular weight is 437 g/mol. The number of amides is 2. The molecule has 31 heavy (non-hydrogen) atoms. The molecule has 1 aromatic carbocycles. The first kappa shape index (κ1) is 22.3. The maximum atomic E-state index is 12.4. The number of benzene rings is 1. The third-order valence-electron chi connectivity index (χ3n) is 4.37. The van der Waals surface area contributed by atoms with Gasteiger partial charge in [0, 0.05) is 11.6 Å². The summed E-state index contributed by atoms with van der Waals surface area (Å²) in [6.45, 7) is 2.48. The minimum Gasteiger partial charge on any atom is -0.491 e. The van der Waals surface area contributed by atoms with Gasteiger partial charge in [-0.05, 0) is 43.9 Å². The fraction of sp³-hybridized carbons (Fsp3) is 0.400. The molecule has 0 spiro atoms. The number of carbonyl (C=O) groups excluding carboxylic acids is 2. The fourth-order valence-corrected chi connectivity index (χ4v) is 2.63. The van der Waals surface area contributed by atoms with Gasteiger partial charge in [0.05, 0.1) is 12.8 Å². The molecule has 1 aliphatic rings. The minimum absolute atomic E-state index is 0.00136. The van der Waals surface area contributed by atoms with Gasteiger partial charge in [0.2, 0.25) is 0 Å². The zero-order valence-electron chi connectivity index (χ0n) is 16.6. The van der Waals surface area contributed by atoms with E-state index in [1.807, 2.05) is 5.32 Å². The van der Waals surface area contributed by atoms with Crippen LogP contribution in [0.2, 0.25) is 0 Å². The van der Waals surface area contributed by atoms with E-state index in [-0.39, 0.29) is 35.6 Å². The van der Waals surface area contributed by atoms with Crippen molar-refractivity contribution in [2.75, 3.05) is 13.2 Å². The second-order valence-electron chi connectivity index (χ2n) is 7.06. The molecule has 1 aliphatic carbocycles. The molecule has 0 radical (unpaired) electrons. The number of hydrogen-bond donors (Lipinski definition) is 2. The number of carbonyl (C=O) groups is 2. The summed E-state index contributed by atoms with van der Waals surface area (Å²) in [6.07, 6.45) is 1.86. The Hall–Kier alpha value is -3.37. The number of ether oxygens (including phenoxy) is 1. The smallest absolute Gasteiger partial charge is 0.405 e. The van der Waals surface area contributed by atoms with Gasteiger partial charge in [0.25, 0.3) is 11.8 Å². The first-order chi connectivity index (χ1) is 14.8. The second kappa shape index (κ2) is 9.63. The highest BCUT2D eigenvalue weighted by atomic mass is 19.4. The van der Waals surface area contributed by atoms with Crippen molar-refractivity contribution in [3.63, 3.8) is 0 Å². The van der Waals surface area contributed by atoms with Gasteiger partial charge in [-0.1, -0.05) is 11.3 Å². The molecule has 0 unspecified atom stereocenters. The number of unbranched alkanes of at least 4 members (excludes halogenated alkanes) is 1. The van der Waals surface area contributed by atoms with Crippen molar-refractivity contribution in [1.82, 2.24) is 25.6 Å². The molecular weight excluding hydrogens is 415 g/mol. The topological polar surface area (TPSA) is 98.1 Å². The first-order valence-electron chi connectivity index (χ1n) is 9.73. The molecule has 0 atom stereocenters. The molecule has 1 aromatic heterocycles. The van der Waals surface area contributed by atoms with Crippen molar-refractivity contribution in [2.24, 2.45) is 0 Å². The van der Waals surface area contributed by atoms with E-state index in [4.69, 9.17) is 4.74 Å². The van der Waals surface area contributed by atoms with E-state index in [2.05, 4.69) is 22.2 Å². The van der Waals surface area contributed by atoms with Crippen LogP contribution in [0.25, 0.3) is 5.69 Å². The lowest BCUT2D eigenvalue weighted by Gasteiger charge is -2.13. The Morgan fingerprint density at radius 2 is 2.06 bits per heavy atom. The second-order valence-corrected chi connectivity index (χ2v) is 7.06. The largest absolute Gasteiger partial charge is 0.491 e. The molecule has 0 saturated heterocycles. The molecule has 166 valence electrons. The van der Waals surface area contributed by atoms with Crippen LogP contribution in [0.4, 0.5) is 13.2 Å². The van der Waals surface area contributed by atoms with Crippen molar-refractivity contribution < 1.29 is 27.5 Å². The van der Waals surface area contributed by atoms with Crippen LogP contribution in [-0.4, -0.2) is 52.2 Å². The number of nitrogens with zero attached hydrogens (tertiary/aromatic N) is 3. The van der Waals surface area contributed by atoms with Crippen molar-refractivity contribution >= 4 is 11.8 Å². The van der Waals surface area contributed by atoms with E-state index >= 15 is 0 Å². The summed E-state index contributed by atoms with van der Waals surface area (Å²) in [4.78, 5) is 24.3. The summed E-state index contributed by atoms with van der Waals surface area (Å²) in [5, 5.41) is 12.4. The number of aromatic nitrogens is 3. The van der Waals surface area contributed by atoms with Crippen LogP contribution in [0, 0.1) is 0 Å². The van der Waals surface area contributed by atoms with Gasteiger partial charge >= 0.3 is 6.18 Å². The highest BCUT2D eigenvalue weighted by molar-refractivity contribution is 5.95. The molecule has 1 fully saturated rings. The molecule has 2 amide bonds. The van der Waals surface area contributed by atoms with Crippen LogP contribution < -0.4 is 15.4 Å². The molecule has 2 N–H and O–H groups in total. The van der Waals surface area contributed by atoms with E-state index in [0.717, 1.165) is 12.8 Å². The summed E-state index contributed by atoms with van der Waals surface area (Å²) in [5.74, 6) is -1.00. The van der Waals surface area contributed by atoms with Crippen molar-refractivity contribution in [3.05, 3.63) is 48.3 Å². The Balaban J connectivity index is 1.80. The first-order valence-corrected chi connectivity index (χ1v) is 9.73. The Kier molecular flexibility index (Phi) is 6.93. The third kappa shape index (κ3) is 6.56. The lowest BCUT2D eigenvalue weighted by molar-refractivity contribution is -0.123. The highest BCUT2D eigenvalue weighted by Gasteiger charge is 2.28. The van der Waals surface area contributed by atoms with Crippen LogP contribution in [-0.2, 0) is 0 Å². The van der Waals surface area contributed by atoms with E-state index in [0.29, 0.717) is 18.5 Å². The molecule has 8 nitrogen and oxygen atoms in total. The third-order valence-corrected chi connectivity index (χ3v) is 4.37.